The molecule has 0 saturated heterocycles. The molecule has 120 valence electrons. The van der Waals surface area contributed by atoms with Gasteiger partial charge in [0.2, 0.25) is 6.79 Å². The maximum atomic E-state index is 12.3. The molecule has 7 nitrogen and oxygen atoms in total. The van der Waals surface area contributed by atoms with Gasteiger partial charge in [-0.1, -0.05) is 22.4 Å². The van der Waals surface area contributed by atoms with Crippen LogP contribution in [-0.4, -0.2) is 22.4 Å². The van der Waals surface area contributed by atoms with Crippen LogP contribution in [0, 0.1) is 19.3 Å². The Morgan fingerprint density at radius 1 is 1.42 bits per heavy atom. The number of carbonyl (C=O) groups is 1. The van der Waals surface area contributed by atoms with E-state index in [1.807, 2.05) is 12.1 Å². The van der Waals surface area contributed by atoms with Crippen molar-refractivity contribution in [3.05, 3.63) is 34.5 Å². The lowest BCUT2D eigenvalue weighted by Gasteiger charge is -2.01. The van der Waals surface area contributed by atoms with Gasteiger partial charge < -0.3 is 18.6 Å². The van der Waals surface area contributed by atoms with Crippen LogP contribution in [0.1, 0.15) is 16.2 Å². The van der Waals surface area contributed by atoms with Gasteiger partial charge in [0, 0.05) is 18.2 Å². The normalized spacial score (nSPS) is 13.4. The Hall–Kier alpha value is -3.05. The number of hydrogen-bond donors (Lipinski definition) is 0. The van der Waals surface area contributed by atoms with E-state index >= 15 is 0 Å². The zero-order valence-electron chi connectivity index (χ0n) is 12.6. The van der Waals surface area contributed by atoms with Gasteiger partial charge in [-0.3, -0.25) is 4.79 Å². The number of thiazole rings is 1. The lowest BCUT2D eigenvalue weighted by Crippen LogP contribution is -2.16. The molecule has 0 bridgehead atoms. The second kappa shape index (κ2) is 5.54. The van der Waals surface area contributed by atoms with Crippen molar-refractivity contribution in [2.75, 3.05) is 6.79 Å². The second-order valence-corrected chi connectivity index (χ2v) is 6.10. The maximum Gasteiger partial charge on any atom is 0.301 e. The summed E-state index contributed by atoms with van der Waals surface area (Å²) in [5.74, 6) is 3.96. The first kappa shape index (κ1) is 14.5. The Morgan fingerprint density at radius 3 is 2.92 bits per heavy atom. The standard InChI is InChI=1S/C16H11N3O4S/c1-3-4-19-11-6-12-13(22-8-21-12)7-14(11)24-16(19)17-15(20)10-5-9(2)23-18-10/h1,5-7H,4,8H2,2H3. The molecule has 0 fully saturated rings. The Balaban J connectivity index is 1.88. The number of fused-ring (bicyclic) bond motifs is 2. The molecule has 2 aromatic heterocycles. The summed E-state index contributed by atoms with van der Waals surface area (Å²) < 4.78 is 18.4. The van der Waals surface area contributed by atoms with E-state index in [4.69, 9.17) is 20.4 Å². The molecule has 0 N–H and O–H groups in total. The number of rotatable bonds is 2. The quantitative estimate of drug-likeness (QED) is 0.667. The molecule has 1 aromatic carbocycles. The predicted molar refractivity (Wildman–Crippen MR) is 85.9 cm³/mol. The van der Waals surface area contributed by atoms with E-state index in [0.717, 1.165) is 10.2 Å². The predicted octanol–water partition coefficient (Wildman–Crippen LogP) is 2.10. The zero-order valence-corrected chi connectivity index (χ0v) is 13.4. The van der Waals surface area contributed by atoms with Gasteiger partial charge in [0.05, 0.1) is 16.8 Å². The van der Waals surface area contributed by atoms with Crippen molar-refractivity contribution < 1.29 is 18.8 Å². The highest BCUT2D eigenvalue weighted by Gasteiger charge is 2.18. The zero-order chi connectivity index (χ0) is 16.7. The summed E-state index contributed by atoms with van der Waals surface area (Å²) in [6.07, 6.45) is 5.46. The summed E-state index contributed by atoms with van der Waals surface area (Å²) in [5, 5.41) is 3.69. The summed E-state index contributed by atoms with van der Waals surface area (Å²) >= 11 is 1.35. The Kier molecular flexibility index (Phi) is 3.36. The number of aryl methyl sites for hydroxylation is 1. The van der Waals surface area contributed by atoms with Crippen molar-refractivity contribution in [1.82, 2.24) is 9.72 Å². The molecule has 0 aliphatic carbocycles. The number of benzene rings is 1. The van der Waals surface area contributed by atoms with Crippen LogP contribution in [0.3, 0.4) is 0 Å². The lowest BCUT2D eigenvalue weighted by molar-refractivity contribution is 0.0989. The highest BCUT2D eigenvalue weighted by Crippen LogP contribution is 2.36. The van der Waals surface area contributed by atoms with Crippen LogP contribution in [0.25, 0.3) is 10.2 Å². The number of carbonyl (C=O) groups excluding carboxylic acids is 1. The second-order valence-electron chi connectivity index (χ2n) is 5.09. The molecule has 4 rings (SSSR count). The van der Waals surface area contributed by atoms with Crippen molar-refractivity contribution in [2.24, 2.45) is 4.99 Å². The highest BCUT2D eigenvalue weighted by molar-refractivity contribution is 7.16. The summed E-state index contributed by atoms with van der Waals surface area (Å²) in [6.45, 7) is 2.19. The molecule has 0 atom stereocenters. The van der Waals surface area contributed by atoms with Crippen LogP contribution < -0.4 is 14.3 Å². The topological polar surface area (TPSA) is 78.9 Å². The van der Waals surface area contributed by atoms with Crippen LogP contribution in [0.4, 0.5) is 0 Å². The number of aromatic nitrogens is 2. The Labute approximate surface area is 140 Å². The van der Waals surface area contributed by atoms with E-state index in [-0.39, 0.29) is 19.0 Å². The van der Waals surface area contributed by atoms with E-state index in [2.05, 4.69) is 16.1 Å². The number of terminal acetylenes is 1. The molecule has 1 amide bonds. The minimum Gasteiger partial charge on any atom is -0.454 e. The molecule has 1 aliphatic heterocycles. The maximum absolute atomic E-state index is 12.3. The monoisotopic (exact) mass is 341 g/mol. The van der Waals surface area contributed by atoms with E-state index in [9.17, 15) is 4.79 Å². The molecular formula is C16H11N3O4S. The largest absolute Gasteiger partial charge is 0.454 e. The third kappa shape index (κ3) is 2.35. The molecule has 0 saturated carbocycles. The van der Waals surface area contributed by atoms with Gasteiger partial charge in [-0.15, -0.1) is 6.42 Å². The summed E-state index contributed by atoms with van der Waals surface area (Å²) in [7, 11) is 0. The van der Waals surface area contributed by atoms with Crippen LogP contribution >= 0.6 is 11.3 Å². The van der Waals surface area contributed by atoms with Gasteiger partial charge >= 0.3 is 5.91 Å². The smallest absolute Gasteiger partial charge is 0.301 e. The van der Waals surface area contributed by atoms with E-state index < -0.39 is 5.91 Å². The third-order valence-electron chi connectivity index (χ3n) is 3.47. The number of hydrogen-bond acceptors (Lipinski definition) is 6. The Bertz CT molecular complexity index is 1070. The van der Waals surface area contributed by atoms with Crippen LogP contribution in [0.5, 0.6) is 11.5 Å². The average molecular weight is 341 g/mol. The van der Waals surface area contributed by atoms with Crippen molar-refractivity contribution in [1.29, 1.82) is 0 Å². The van der Waals surface area contributed by atoms with Gasteiger partial charge in [-0.05, 0) is 6.92 Å². The molecule has 0 radical (unpaired) electrons. The van der Waals surface area contributed by atoms with Gasteiger partial charge in [-0.2, -0.15) is 4.99 Å². The summed E-state index contributed by atoms with van der Waals surface area (Å²) in [4.78, 5) is 16.9. The van der Waals surface area contributed by atoms with Gasteiger partial charge in [-0.25, -0.2) is 0 Å². The van der Waals surface area contributed by atoms with Crippen LogP contribution in [-0.2, 0) is 6.54 Å². The molecule has 0 unspecified atom stereocenters. The summed E-state index contributed by atoms with van der Waals surface area (Å²) in [5.41, 5.74) is 0.997. The van der Waals surface area contributed by atoms with Crippen molar-refractivity contribution in [3.8, 4) is 23.8 Å². The van der Waals surface area contributed by atoms with Crippen LogP contribution in [0.2, 0.25) is 0 Å². The number of ether oxygens (including phenoxy) is 2. The number of nitrogens with zero attached hydrogens (tertiary/aromatic N) is 3. The molecular weight excluding hydrogens is 330 g/mol. The summed E-state index contributed by atoms with van der Waals surface area (Å²) in [6, 6.07) is 5.25. The molecule has 24 heavy (non-hydrogen) atoms. The first-order valence-electron chi connectivity index (χ1n) is 7.04. The molecule has 1 aliphatic rings. The fourth-order valence-electron chi connectivity index (χ4n) is 2.40. The third-order valence-corrected chi connectivity index (χ3v) is 4.51. The average Bonchev–Trinajstić information content (AvgIpc) is 3.25. The number of amides is 1. The molecule has 0 spiro atoms. The molecule has 8 heteroatoms. The van der Waals surface area contributed by atoms with Crippen molar-refractivity contribution >= 4 is 27.5 Å². The van der Waals surface area contributed by atoms with Crippen LogP contribution in [0.15, 0.2) is 27.7 Å². The molecule has 3 heterocycles. The minimum absolute atomic E-state index is 0.159. The highest BCUT2D eigenvalue weighted by atomic mass is 32.1. The lowest BCUT2D eigenvalue weighted by atomic mass is 10.3. The molecule has 3 aromatic rings. The first-order chi connectivity index (χ1) is 11.7. The van der Waals surface area contributed by atoms with E-state index in [1.54, 1.807) is 17.6 Å². The van der Waals surface area contributed by atoms with Gasteiger partial charge in [0.1, 0.15) is 5.76 Å². The van der Waals surface area contributed by atoms with Crippen molar-refractivity contribution in [2.45, 2.75) is 13.5 Å². The fourth-order valence-corrected chi connectivity index (χ4v) is 3.44. The Morgan fingerprint density at radius 2 is 2.21 bits per heavy atom. The van der Waals surface area contributed by atoms with Gasteiger partial charge in [0.25, 0.3) is 0 Å². The minimum atomic E-state index is -0.482. The van der Waals surface area contributed by atoms with E-state index in [1.165, 1.54) is 11.3 Å². The van der Waals surface area contributed by atoms with Gasteiger partial charge in [0.15, 0.2) is 22.0 Å². The fraction of sp³-hybridized carbons (Fsp3) is 0.188. The van der Waals surface area contributed by atoms with Crippen molar-refractivity contribution in [3.63, 3.8) is 0 Å². The van der Waals surface area contributed by atoms with E-state index in [0.29, 0.717) is 22.1 Å². The SMILES string of the molecule is C#CCn1c(=NC(=O)c2cc(C)on2)sc2cc3c(cc21)OCO3. The first-order valence-corrected chi connectivity index (χ1v) is 7.86.